The molecule has 2 fully saturated rings. The number of nitrogens with zero attached hydrogens (tertiary/aromatic N) is 1. The minimum absolute atomic E-state index is 0.0530. The molecule has 0 aliphatic heterocycles. The fourth-order valence-electron chi connectivity index (χ4n) is 3.71. The Labute approximate surface area is 124 Å². The second kappa shape index (κ2) is 6.91. The molecule has 0 aromatic carbocycles. The maximum absolute atomic E-state index is 11.9. The minimum atomic E-state index is -0.928. The average Bonchev–Trinajstić information content (AvgIpc) is 3.00. The topological polar surface area (TPSA) is 86.7 Å². The van der Waals surface area contributed by atoms with Crippen LogP contribution in [0.4, 0.5) is 4.79 Å². The van der Waals surface area contributed by atoms with E-state index in [9.17, 15) is 14.4 Å². The number of hydrogen-bond acceptors (Lipinski definition) is 3. The lowest BCUT2D eigenvalue weighted by Gasteiger charge is -2.27. The van der Waals surface area contributed by atoms with E-state index in [0.29, 0.717) is 12.5 Å². The number of carboxylic acids is 1. The zero-order chi connectivity index (χ0) is 15.4. The Morgan fingerprint density at radius 2 is 1.95 bits per heavy atom. The first kappa shape index (κ1) is 15.8. The molecule has 2 bridgehead atoms. The lowest BCUT2D eigenvalue weighted by Crippen LogP contribution is -2.43. The summed E-state index contributed by atoms with van der Waals surface area (Å²) in [4.78, 5) is 35.4. The lowest BCUT2D eigenvalue weighted by molar-refractivity contribution is -0.137. The van der Waals surface area contributed by atoms with Crippen LogP contribution in [0.1, 0.15) is 44.9 Å². The predicted octanol–water partition coefficient (Wildman–Crippen LogP) is 1.85. The summed E-state index contributed by atoms with van der Waals surface area (Å²) in [6, 6.07) is -0.377. The molecular formula is C15H24N2O4. The normalized spacial score (nSPS) is 26.6. The molecule has 3 amide bonds. The van der Waals surface area contributed by atoms with Gasteiger partial charge in [0.15, 0.2) is 0 Å². The molecular weight excluding hydrogens is 272 g/mol. The highest BCUT2D eigenvalue weighted by molar-refractivity contribution is 5.94. The van der Waals surface area contributed by atoms with E-state index in [-0.39, 0.29) is 25.3 Å². The van der Waals surface area contributed by atoms with E-state index in [4.69, 9.17) is 5.11 Å². The molecule has 0 aromatic heterocycles. The maximum atomic E-state index is 11.9. The van der Waals surface area contributed by atoms with Gasteiger partial charge in [0, 0.05) is 26.4 Å². The molecule has 3 atom stereocenters. The third kappa shape index (κ3) is 4.44. The Hall–Kier alpha value is -1.59. The van der Waals surface area contributed by atoms with Gasteiger partial charge in [-0.3, -0.25) is 14.9 Å². The van der Waals surface area contributed by atoms with E-state index < -0.39 is 11.9 Å². The van der Waals surface area contributed by atoms with Crippen molar-refractivity contribution >= 4 is 17.9 Å². The Balaban J connectivity index is 1.67. The van der Waals surface area contributed by atoms with Gasteiger partial charge in [-0.2, -0.15) is 0 Å². The highest BCUT2D eigenvalue weighted by Gasteiger charge is 2.40. The van der Waals surface area contributed by atoms with Crippen LogP contribution < -0.4 is 5.32 Å². The zero-order valence-electron chi connectivity index (χ0n) is 12.5. The quantitative estimate of drug-likeness (QED) is 0.783. The van der Waals surface area contributed by atoms with E-state index >= 15 is 0 Å². The van der Waals surface area contributed by atoms with Crippen molar-refractivity contribution in [1.82, 2.24) is 10.2 Å². The van der Waals surface area contributed by atoms with Crippen molar-refractivity contribution in [2.75, 3.05) is 13.6 Å². The van der Waals surface area contributed by atoms with Crippen LogP contribution in [0.15, 0.2) is 0 Å². The SMILES string of the molecule is CN(CC1CC2CCC1C2)C(=O)NC(=O)CCCC(=O)O. The Morgan fingerprint density at radius 3 is 2.52 bits per heavy atom. The van der Waals surface area contributed by atoms with Crippen molar-refractivity contribution in [3.63, 3.8) is 0 Å². The van der Waals surface area contributed by atoms with Gasteiger partial charge in [-0.25, -0.2) is 4.79 Å². The molecule has 0 aromatic rings. The van der Waals surface area contributed by atoms with Crippen molar-refractivity contribution in [1.29, 1.82) is 0 Å². The number of fused-ring (bicyclic) bond motifs is 2. The molecule has 6 heteroatoms. The van der Waals surface area contributed by atoms with Gasteiger partial charge >= 0.3 is 12.0 Å². The van der Waals surface area contributed by atoms with Gasteiger partial charge in [-0.1, -0.05) is 6.42 Å². The van der Waals surface area contributed by atoms with Gasteiger partial charge in [0.1, 0.15) is 0 Å². The fourth-order valence-corrected chi connectivity index (χ4v) is 3.71. The Kier molecular flexibility index (Phi) is 5.20. The monoisotopic (exact) mass is 296 g/mol. The van der Waals surface area contributed by atoms with Gasteiger partial charge in [0.05, 0.1) is 0 Å². The molecule has 6 nitrogen and oxygen atoms in total. The van der Waals surface area contributed by atoms with Crippen LogP contribution in [0.5, 0.6) is 0 Å². The second-order valence-electron chi connectivity index (χ2n) is 6.42. The van der Waals surface area contributed by atoms with Crippen LogP contribution >= 0.6 is 0 Å². The molecule has 2 N–H and O–H groups in total. The van der Waals surface area contributed by atoms with Gasteiger partial charge in [0.2, 0.25) is 5.91 Å². The molecule has 2 rings (SSSR count). The lowest BCUT2D eigenvalue weighted by atomic mass is 9.88. The second-order valence-corrected chi connectivity index (χ2v) is 6.42. The Morgan fingerprint density at radius 1 is 1.19 bits per heavy atom. The molecule has 21 heavy (non-hydrogen) atoms. The summed E-state index contributed by atoms with van der Waals surface area (Å²) in [5.74, 6) is 0.829. The maximum Gasteiger partial charge on any atom is 0.323 e. The minimum Gasteiger partial charge on any atom is -0.481 e. The molecule has 2 aliphatic rings. The standard InChI is InChI=1S/C15H24N2O4/c1-17(9-12-8-10-5-6-11(12)7-10)15(21)16-13(18)3-2-4-14(19)20/h10-12H,2-9H2,1H3,(H,19,20)(H,16,18,21). The number of rotatable bonds is 6. The van der Waals surface area contributed by atoms with Crippen LogP contribution in [-0.4, -0.2) is 41.5 Å². The number of hydrogen-bond donors (Lipinski definition) is 2. The molecule has 0 heterocycles. The highest BCUT2D eigenvalue weighted by atomic mass is 16.4. The third-order valence-electron chi connectivity index (χ3n) is 4.78. The summed E-state index contributed by atoms with van der Waals surface area (Å²) in [7, 11) is 1.71. The van der Waals surface area contributed by atoms with Crippen molar-refractivity contribution < 1.29 is 19.5 Å². The summed E-state index contributed by atoms with van der Waals surface area (Å²) in [6.07, 6.45) is 5.38. The number of aliphatic carboxylic acids is 1. The molecule has 0 radical (unpaired) electrons. The smallest absolute Gasteiger partial charge is 0.323 e. The largest absolute Gasteiger partial charge is 0.481 e. The van der Waals surface area contributed by atoms with Gasteiger partial charge in [0.25, 0.3) is 0 Å². The zero-order valence-corrected chi connectivity index (χ0v) is 12.5. The van der Waals surface area contributed by atoms with Crippen LogP contribution in [0.2, 0.25) is 0 Å². The highest BCUT2D eigenvalue weighted by Crippen LogP contribution is 2.48. The average molecular weight is 296 g/mol. The summed E-state index contributed by atoms with van der Waals surface area (Å²) in [6.45, 7) is 0.704. The van der Waals surface area contributed by atoms with E-state index in [1.54, 1.807) is 11.9 Å². The molecule has 3 unspecified atom stereocenters. The van der Waals surface area contributed by atoms with Gasteiger partial charge < -0.3 is 10.0 Å². The van der Waals surface area contributed by atoms with E-state index in [2.05, 4.69) is 5.32 Å². The molecule has 2 aliphatic carbocycles. The number of imide groups is 1. The van der Waals surface area contributed by atoms with Gasteiger partial charge in [-0.05, 0) is 43.4 Å². The number of carbonyl (C=O) groups excluding carboxylic acids is 2. The number of carboxylic acid groups (broad SMARTS) is 1. The first-order valence-corrected chi connectivity index (χ1v) is 7.72. The Bertz CT molecular complexity index is 424. The summed E-state index contributed by atoms with van der Waals surface area (Å²) in [5.41, 5.74) is 0. The summed E-state index contributed by atoms with van der Waals surface area (Å²) >= 11 is 0. The van der Waals surface area contributed by atoms with Crippen molar-refractivity contribution in [2.45, 2.75) is 44.9 Å². The van der Waals surface area contributed by atoms with E-state index in [0.717, 1.165) is 11.8 Å². The number of urea groups is 1. The molecule has 0 spiro atoms. The van der Waals surface area contributed by atoms with E-state index in [1.807, 2.05) is 0 Å². The molecule has 0 saturated heterocycles. The van der Waals surface area contributed by atoms with Crippen LogP contribution in [0.25, 0.3) is 0 Å². The van der Waals surface area contributed by atoms with Crippen molar-refractivity contribution in [2.24, 2.45) is 17.8 Å². The number of carbonyl (C=O) groups is 3. The first-order chi connectivity index (χ1) is 9.95. The third-order valence-corrected chi connectivity index (χ3v) is 4.78. The van der Waals surface area contributed by atoms with Crippen LogP contribution in [-0.2, 0) is 9.59 Å². The summed E-state index contributed by atoms with van der Waals surface area (Å²) in [5, 5.41) is 10.8. The molecule has 118 valence electrons. The fraction of sp³-hybridized carbons (Fsp3) is 0.800. The van der Waals surface area contributed by atoms with E-state index in [1.165, 1.54) is 25.7 Å². The number of nitrogens with one attached hydrogen (secondary N) is 1. The van der Waals surface area contributed by atoms with Gasteiger partial charge in [-0.15, -0.1) is 0 Å². The molecule has 2 saturated carbocycles. The summed E-state index contributed by atoms with van der Waals surface area (Å²) < 4.78 is 0. The van der Waals surface area contributed by atoms with Crippen molar-refractivity contribution in [3.8, 4) is 0 Å². The number of amides is 3. The van der Waals surface area contributed by atoms with Crippen LogP contribution in [0.3, 0.4) is 0 Å². The predicted molar refractivity (Wildman–Crippen MR) is 76.6 cm³/mol. The van der Waals surface area contributed by atoms with Crippen molar-refractivity contribution in [3.05, 3.63) is 0 Å². The first-order valence-electron chi connectivity index (χ1n) is 7.72. The van der Waals surface area contributed by atoms with Crippen LogP contribution in [0, 0.1) is 17.8 Å².